The van der Waals surface area contributed by atoms with Gasteiger partial charge in [0.2, 0.25) is 0 Å². The quantitative estimate of drug-likeness (QED) is 0.275. The van der Waals surface area contributed by atoms with Crippen LogP contribution in [0.5, 0.6) is 17.2 Å². The minimum atomic E-state index is -4.83. The number of benzene rings is 2. The molecule has 3 rings (SSSR count). The second-order valence-corrected chi connectivity index (χ2v) is 7.97. The van der Waals surface area contributed by atoms with Crippen LogP contribution in [-0.4, -0.2) is 44.5 Å². The molecule has 2 aromatic carbocycles. The third-order valence-electron chi connectivity index (χ3n) is 5.43. The van der Waals surface area contributed by atoms with E-state index < -0.39 is 17.9 Å². The summed E-state index contributed by atoms with van der Waals surface area (Å²) >= 11 is 0. The molecule has 1 fully saturated rings. The summed E-state index contributed by atoms with van der Waals surface area (Å²) in [5, 5.41) is 10.4. The van der Waals surface area contributed by atoms with E-state index in [4.69, 9.17) is 24.2 Å². The van der Waals surface area contributed by atoms with Gasteiger partial charge >= 0.3 is 6.36 Å². The van der Waals surface area contributed by atoms with Crippen molar-refractivity contribution in [2.75, 3.05) is 19.0 Å². The van der Waals surface area contributed by atoms with Crippen molar-refractivity contribution >= 4 is 18.9 Å². The zero-order valence-corrected chi connectivity index (χ0v) is 22.1. The summed E-state index contributed by atoms with van der Waals surface area (Å²) in [5.74, 6) is 0.687. The molecule has 0 aliphatic heterocycles. The SMILES string of the molecule is C=O.CC.COc1ccc(NC2CCC(C)CC2)cc1OCCc1cc(OC(F)(F)F)ccc1F.O=CO. The highest BCUT2D eigenvalue weighted by atomic mass is 19.4. The first-order valence-electron chi connectivity index (χ1n) is 12.1. The van der Waals surface area contributed by atoms with E-state index in [1.807, 2.05) is 32.8 Å². The molecule has 2 N–H and O–H groups in total. The maximum absolute atomic E-state index is 14.0. The van der Waals surface area contributed by atoms with Crippen molar-refractivity contribution in [2.45, 2.75) is 65.3 Å². The Bertz CT molecular complexity index is 934. The summed E-state index contributed by atoms with van der Waals surface area (Å²) in [4.78, 5) is 16.4. The van der Waals surface area contributed by atoms with Gasteiger partial charge in [-0.1, -0.05) is 20.8 Å². The first-order chi connectivity index (χ1) is 18.1. The molecule has 214 valence electrons. The molecule has 1 aliphatic rings. The van der Waals surface area contributed by atoms with E-state index in [2.05, 4.69) is 17.0 Å². The van der Waals surface area contributed by atoms with Gasteiger partial charge in [0.25, 0.3) is 6.47 Å². The molecular weight excluding hydrogens is 510 g/mol. The summed E-state index contributed by atoms with van der Waals surface area (Å²) < 4.78 is 66.2. The summed E-state index contributed by atoms with van der Waals surface area (Å²) in [6.07, 6.45) is -0.150. The first kappa shape index (κ1) is 34.5. The Labute approximate surface area is 221 Å². The van der Waals surface area contributed by atoms with Gasteiger partial charge in [0.15, 0.2) is 11.5 Å². The van der Waals surface area contributed by atoms with Crippen LogP contribution >= 0.6 is 0 Å². The summed E-state index contributed by atoms with van der Waals surface area (Å²) in [6.45, 7) is 8.08. The number of rotatable bonds is 8. The Morgan fingerprint density at radius 3 is 2.21 bits per heavy atom. The van der Waals surface area contributed by atoms with Crippen LogP contribution in [0.25, 0.3) is 0 Å². The minimum absolute atomic E-state index is 0.0626. The fraction of sp³-hybridized carbons (Fsp3) is 0.481. The van der Waals surface area contributed by atoms with Crippen molar-refractivity contribution in [3.63, 3.8) is 0 Å². The second kappa shape index (κ2) is 18.7. The van der Waals surface area contributed by atoms with Crippen molar-refractivity contribution in [1.29, 1.82) is 0 Å². The molecule has 0 amide bonds. The highest BCUT2D eigenvalue weighted by Crippen LogP contribution is 2.33. The Kier molecular flexibility index (Phi) is 17.0. The van der Waals surface area contributed by atoms with Gasteiger partial charge in [-0.05, 0) is 67.5 Å². The number of halogens is 4. The van der Waals surface area contributed by atoms with Crippen molar-refractivity contribution < 1.29 is 46.5 Å². The van der Waals surface area contributed by atoms with Crippen LogP contribution in [0.15, 0.2) is 36.4 Å². The van der Waals surface area contributed by atoms with Crippen LogP contribution in [-0.2, 0) is 16.0 Å². The molecule has 0 bridgehead atoms. The summed E-state index contributed by atoms with van der Waals surface area (Å²) in [6, 6.07) is 8.87. The van der Waals surface area contributed by atoms with Gasteiger partial charge < -0.3 is 29.4 Å². The molecule has 0 saturated heterocycles. The fourth-order valence-corrected chi connectivity index (χ4v) is 3.73. The smallest absolute Gasteiger partial charge is 0.493 e. The highest BCUT2D eigenvalue weighted by molar-refractivity contribution is 5.55. The number of anilines is 1. The molecule has 1 aliphatic carbocycles. The molecule has 0 aromatic heterocycles. The largest absolute Gasteiger partial charge is 0.573 e. The third-order valence-corrected chi connectivity index (χ3v) is 5.43. The molecule has 1 saturated carbocycles. The zero-order valence-electron chi connectivity index (χ0n) is 22.1. The zero-order chi connectivity index (χ0) is 29.1. The van der Waals surface area contributed by atoms with Crippen molar-refractivity contribution in [3.05, 3.63) is 47.8 Å². The Morgan fingerprint density at radius 2 is 1.66 bits per heavy atom. The molecule has 2 aromatic rings. The number of hydrogen-bond acceptors (Lipinski definition) is 6. The lowest BCUT2D eigenvalue weighted by Gasteiger charge is -2.28. The molecule has 0 atom stereocenters. The molecule has 0 unspecified atom stereocenters. The average molecular weight is 548 g/mol. The number of alkyl halides is 3. The van der Waals surface area contributed by atoms with Crippen molar-refractivity contribution in [1.82, 2.24) is 0 Å². The normalized spacial score (nSPS) is 16.1. The number of hydrogen-bond donors (Lipinski definition) is 2. The first-order valence-corrected chi connectivity index (χ1v) is 12.1. The van der Waals surface area contributed by atoms with E-state index in [9.17, 15) is 17.6 Å². The van der Waals surface area contributed by atoms with Crippen LogP contribution in [0.2, 0.25) is 0 Å². The van der Waals surface area contributed by atoms with Gasteiger partial charge in [-0.15, -0.1) is 13.2 Å². The lowest BCUT2D eigenvalue weighted by molar-refractivity contribution is -0.274. The topological polar surface area (TPSA) is 94.1 Å². The lowest BCUT2D eigenvalue weighted by atomic mass is 9.87. The van der Waals surface area contributed by atoms with Crippen LogP contribution in [0.4, 0.5) is 23.2 Å². The molecule has 38 heavy (non-hydrogen) atoms. The Balaban J connectivity index is 0.00000179. The second-order valence-electron chi connectivity index (χ2n) is 7.97. The minimum Gasteiger partial charge on any atom is -0.493 e. The van der Waals surface area contributed by atoms with Gasteiger partial charge in [0.1, 0.15) is 18.4 Å². The van der Waals surface area contributed by atoms with E-state index in [-0.39, 0.29) is 25.1 Å². The van der Waals surface area contributed by atoms with Crippen LogP contribution < -0.4 is 19.5 Å². The maximum Gasteiger partial charge on any atom is 0.573 e. The van der Waals surface area contributed by atoms with Gasteiger partial charge in [0.05, 0.1) is 13.7 Å². The summed E-state index contributed by atoms with van der Waals surface area (Å²) in [5.41, 5.74) is 0.980. The molecule has 0 spiro atoms. The van der Waals surface area contributed by atoms with Gasteiger partial charge in [-0.25, -0.2) is 4.39 Å². The number of ether oxygens (including phenoxy) is 3. The van der Waals surface area contributed by atoms with Crippen molar-refractivity contribution in [3.8, 4) is 17.2 Å². The fourth-order valence-electron chi connectivity index (χ4n) is 3.73. The predicted molar refractivity (Wildman–Crippen MR) is 137 cm³/mol. The van der Waals surface area contributed by atoms with E-state index in [1.165, 1.54) is 20.0 Å². The monoisotopic (exact) mass is 547 g/mol. The highest BCUT2D eigenvalue weighted by Gasteiger charge is 2.31. The molecule has 11 heteroatoms. The van der Waals surface area contributed by atoms with E-state index in [1.54, 1.807) is 6.07 Å². The average Bonchev–Trinajstić information content (AvgIpc) is 2.89. The maximum atomic E-state index is 14.0. The molecule has 0 heterocycles. The Hall–Kier alpha value is -3.50. The van der Waals surface area contributed by atoms with Gasteiger partial charge in [0, 0.05) is 24.2 Å². The van der Waals surface area contributed by atoms with Crippen molar-refractivity contribution in [2.24, 2.45) is 5.92 Å². The summed E-state index contributed by atoms with van der Waals surface area (Å²) in [7, 11) is 1.52. The van der Waals surface area contributed by atoms with Gasteiger partial charge in [-0.2, -0.15) is 0 Å². The van der Waals surface area contributed by atoms with E-state index >= 15 is 0 Å². The number of carbonyl (C=O) groups excluding carboxylic acids is 1. The third kappa shape index (κ3) is 13.2. The van der Waals surface area contributed by atoms with Crippen LogP contribution in [0.3, 0.4) is 0 Å². The van der Waals surface area contributed by atoms with E-state index in [0.717, 1.165) is 42.6 Å². The van der Waals surface area contributed by atoms with Crippen LogP contribution in [0, 0.1) is 11.7 Å². The standard InChI is InChI=1S/C23H27F4NO3.C2H6.CH2O2.CH2O/c1-15-3-5-17(6-4-15)28-18-7-10-21(29-2)22(14-18)30-12-11-16-13-19(8-9-20(16)24)31-23(25,26)27;1-2;2-1-3;1-2/h7-10,13-15,17,28H,3-6,11-12H2,1-2H3;1-2H3;1H,(H,2,3);1H2. The number of methoxy groups -OCH3 is 1. The molecular formula is C27H37F4NO6. The Morgan fingerprint density at radius 1 is 1.05 bits per heavy atom. The van der Waals surface area contributed by atoms with Crippen LogP contribution in [0.1, 0.15) is 52.0 Å². The number of carboxylic acid groups (broad SMARTS) is 1. The molecule has 7 nitrogen and oxygen atoms in total. The molecule has 0 radical (unpaired) electrons. The van der Waals surface area contributed by atoms with E-state index in [0.29, 0.717) is 17.5 Å². The number of carbonyl (C=O) groups is 2. The predicted octanol–water partition coefficient (Wildman–Crippen LogP) is 6.89. The number of nitrogens with one attached hydrogen (secondary N) is 1. The van der Waals surface area contributed by atoms with Gasteiger partial charge in [-0.3, -0.25) is 4.79 Å². The lowest BCUT2D eigenvalue weighted by Crippen LogP contribution is -2.25.